The number of aromatic nitrogens is 1. The van der Waals surface area contributed by atoms with Gasteiger partial charge in [0.1, 0.15) is 11.2 Å². The first-order valence-corrected chi connectivity index (χ1v) is 10.8. The summed E-state index contributed by atoms with van der Waals surface area (Å²) < 4.78 is 7.49. The Morgan fingerprint density at radius 2 is 2.03 bits per heavy atom. The van der Waals surface area contributed by atoms with Gasteiger partial charge in [0.15, 0.2) is 0 Å². The van der Waals surface area contributed by atoms with Crippen molar-refractivity contribution in [3.05, 3.63) is 36.0 Å². The number of hydrogen-bond acceptors (Lipinski definition) is 3. The first-order valence-electron chi connectivity index (χ1n) is 10.8. The van der Waals surface area contributed by atoms with Gasteiger partial charge in [0, 0.05) is 36.7 Å². The molecule has 29 heavy (non-hydrogen) atoms. The standard InChI is InChI=1S/C23H31N3O3/c1-3-29-14-8-13-26-21(27)20-15-17-9-4-7-12-19(17)25(20)16-23(26,2)22(28)24-18-10-5-6-11-18/h4,7,9,12,15,18H,3,5-6,8,10-11,13-14,16H2,1-2H3,(H,24,28)/t23-/m1/s1. The molecule has 0 bridgehead atoms. The van der Waals surface area contributed by atoms with E-state index in [9.17, 15) is 9.59 Å². The number of carbonyl (C=O) groups is 2. The number of carbonyl (C=O) groups excluding carboxylic acids is 2. The van der Waals surface area contributed by atoms with Crippen LogP contribution >= 0.6 is 0 Å². The van der Waals surface area contributed by atoms with Gasteiger partial charge in [-0.25, -0.2) is 0 Å². The van der Waals surface area contributed by atoms with Crippen molar-refractivity contribution < 1.29 is 14.3 Å². The topological polar surface area (TPSA) is 63.6 Å². The molecule has 1 aliphatic carbocycles. The minimum atomic E-state index is -0.916. The summed E-state index contributed by atoms with van der Waals surface area (Å²) in [6.07, 6.45) is 5.08. The summed E-state index contributed by atoms with van der Waals surface area (Å²) in [5.74, 6) is -0.120. The quantitative estimate of drug-likeness (QED) is 0.729. The number of hydrogen-bond donors (Lipinski definition) is 1. The second kappa shape index (κ2) is 8.19. The van der Waals surface area contributed by atoms with Gasteiger partial charge in [-0.2, -0.15) is 0 Å². The molecule has 1 aliphatic heterocycles. The fraction of sp³-hybridized carbons (Fsp3) is 0.565. The highest BCUT2D eigenvalue weighted by atomic mass is 16.5. The SMILES string of the molecule is CCOCCCN1C(=O)c2cc3ccccc3n2C[C@]1(C)C(=O)NC1CCCC1. The third kappa shape index (κ3) is 3.66. The average molecular weight is 398 g/mol. The predicted octanol–water partition coefficient (Wildman–Crippen LogP) is 3.34. The van der Waals surface area contributed by atoms with Crippen LogP contribution in [-0.2, 0) is 16.1 Å². The number of fused-ring (bicyclic) bond motifs is 3. The zero-order valence-corrected chi connectivity index (χ0v) is 17.4. The second-order valence-corrected chi connectivity index (χ2v) is 8.41. The van der Waals surface area contributed by atoms with E-state index < -0.39 is 5.54 Å². The number of benzene rings is 1. The van der Waals surface area contributed by atoms with E-state index in [2.05, 4.69) is 5.32 Å². The maximum atomic E-state index is 13.5. The van der Waals surface area contributed by atoms with Crippen LogP contribution in [0, 0.1) is 0 Å². The number of ether oxygens (including phenoxy) is 1. The van der Waals surface area contributed by atoms with Crippen LogP contribution in [0.25, 0.3) is 10.9 Å². The Labute approximate surface area is 172 Å². The zero-order chi connectivity index (χ0) is 20.4. The lowest BCUT2D eigenvalue weighted by Crippen LogP contribution is -2.65. The van der Waals surface area contributed by atoms with Crippen LogP contribution in [0.4, 0.5) is 0 Å². The summed E-state index contributed by atoms with van der Waals surface area (Å²) in [5, 5.41) is 4.27. The van der Waals surface area contributed by atoms with Crippen LogP contribution in [0.2, 0.25) is 0 Å². The summed E-state index contributed by atoms with van der Waals surface area (Å²) in [5.41, 5.74) is 0.749. The van der Waals surface area contributed by atoms with Crippen LogP contribution in [0.1, 0.15) is 56.4 Å². The van der Waals surface area contributed by atoms with E-state index in [0.29, 0.717) is 38.4 Å². The smallest absolute Gasteiger partial charge is 0.271 e. The lowest BCUT2D eigenvalue weighted by atomic mass is 9.94. The van der Waals surface area contributed by atoms with Crippen molar-refractivity contribution in [1.82, 2.24) is 14.8 Å². The number of amides is 2. The number of nitrogens with zero attached hydrogens (tertiary/aromatic N) is 2. The van der Waals surface area contributed by atoms with E-state index in [1.165, 1.54) is 0 Å². The molecule has 1 aromatic heterocycles. The molecule has 156 valence electrons. The van der Waals surface area contributed by atoms with Crippen LogP contribution in [0.3, 0.4) is 0 Å². The number of nitrogens with one attached hydrogen (secondary N) is 1. The lowest BCUT2D eigenvalue weighted by Gasteiger charge is -2.44. The maximum Gasteiger partial charge on any atom is 0.271 e. The van der Waals surface area contributed by atoms with Gasteiger partial charge in [0.25, 0.3) is 5.91 Å². The Morgan fingerprint density at radius 1 is 1.28 bits per heavy atom. The average Bonchev–Trinajstić information content (AvgIpc) is 3.35. The minimum absolute atomic E-state index is 0.0439. The van der Waals surface area contributed by atoms with Gasteiger partial charge in [-0.15, -0.1) is 0 Å². The molecule has 1 aromatic carbocycles. The summed E-state index contributed by atoms with van der Waals surface area (Å²) in [4.78, 5) is 28.7. The molecule has 4 rings (SSSR count). The molecule has 2 amide bonds. The Bertz CT molecular complexity index is 900. The monoisotopic (exact) mass is 397 g/mol. The molecule has 6 heteroatoms. The summed E-state index contributed by atoms with van der Waals surface area (Å²) >= 11 is 0. The molecule has 0 spiro atoms. The normalized spacial score (nSPS) is 22.3. The first-order chi connectivity index (χ1) is 14.0. The van der Waals surface area contributed by atoms with Crippen LogP contribution < -0.4 is 5.32 Å². The third-order valence-electron chi connectivity index (χ3n) is 6.39. The fourth-order valence-corrected chi connectivity index (χ4v) is 4.74. The van der Waals surface area contributed by atoms with Gasteiger partial charge in [0.2, 0.25) is 5.91 Å². The van der Waals surface area contributed by atoms with Crippen molar-refractivity contribution >= 4 is 22.7 Å². The zero-order valence-electron chi connectivity index (χ0n) is 17.4. The van der Waals surface area contributed by atoms with Crippen LogP contribution in [-0.4, -0.2) is 52.6 Å². The highest BCUT2D eigenvalue weighted by Crippen LogP contribution is 2.33. The van der Waals surface area contributed by atoms with E-state index in [-0.39, 0.29) is 17.9 Å². The molecule has 0 saturated heterocycles. The van der Waals surface area contributed by atoms with Crippen molar-refractivity contribution in [2.45, 2.75) is 64.1 Å². The van der Waals surface area contributed by atoms with E-state index in [0.717, 1.165) is 36.6 Å². The molecule has 1 fully saturated rings. The Kier molecular flexibility index (Phi) is 5.63. The summed E-state index contributed by atoms with van der Waals surface area (Å²) in [6.45, 7) is 6.09. The predicted molar refractivity (Wildman–Crippen MR) is 113 cm³/mol. The molecule has 0 radical (unpaired) electrons. The van der Waals surface area contributed by atoms with Crippen molar-refractivity contribution in [2.75, 3.05) is 19.8 Å². The molecule has 1 atom stereocenters. The second-order valence-electron chi connectivity index (χ2n) is 8.41. The van der Waals surface area contributed by atoms with E-state index in [4.69, 9.17) is 4.74 Å². The van der Waals surface area contributed by atoms with E-state index in [1.807, 2.05) is 48.7 Å². The maximum absolute atomic E-state index is 13.5. The van der Waals surface area contributed by atoms with E-state index in [1.54, 1.807) is 4.90 Å². The molecule has 0 unspecified atom stereocenters. The van der Waals surface area contributed by atoms with Crippen molar-refractivity contribution in [1.29, 1.82) is 0 Å². The Balaban J connectivity index is 1.67. The molecule has 2 heterocycles. The first kappa shape index (κ1) is 20.0. The minimum Gasteiger partial charge on any atom is -0.382 e. The Morgan fingerprint density at radius 3 is 2.79 bits per heavy atom. The van der Waals surface area contributed by atoms with Gasteiger partial charge < -0.3 is 19.5 Å². The lowest BCUT2D eigenvalue weighted by molar-refractivity contribution is -0.133. The van der Waals surface area contributed by atoms with Gasteiger partial charge in [-0.05, 0) is 45.2 Å². The number of rotatable bonds is 7. The molecular formula is C23H31N3O3. The van der Waals surface area contributed by atoms with Crippen molar-refractivity contribution in [3.8, 4) is 0 Å². The van der Waals surface area contributed by atoms with Gasteiger partial charge in [-0.3, -0.25) is 9.59 Å². The summed E-state index contributed by atoms with van der Waals surface area (Å²) in [6, 6.07) is 10.2. The van der Waals surface area contributed by atoms with Gasteiger partial charge >= 0.3 is 0 Å². The molecular weight excluding hydrogens is 366 g/mol. The van der Waals surface area contributed by atoms with Crippen LogP contribution in [0.5, 0.6) is 0 Å². The van der Waals surface area contributed by atoms with Gasteiger partial charge in [-0.1, -0.05) is 31.0 Å². The fourth-order valence-electron chi connectivity index (χ4n) is 4.74. The Hall–Kier alpha value is -2.34. The molecule has 1 saturated carbocycles. The van der Waals surface area contributed by atoms with Crippen LogP contribution in [0.15, 0.2) is 30.3 Å². The van der Waals surface area contributed by atoms with Gasteiger partial charge in [0.05, 0.1) is 6.54 Å². The number of para-hydroxylation sites is 1. The molecule has 1 N–H and O–H groups in total. The van der Waals surface area contributed by atoms with Crippen molar-refractivity contribution in [2.24, 2.45) is 0 Å². The molecule has 2 aliphatic rings. The molecule has 6 nitrogen and oxygen atoms in total. The largest absolute Gasteiger partial charge is 0.382 e. The molecule has 2 aromatic rings. The van der Waals surface area contributed by atoms with Crippen molar-refractivity contribution in [3.63, 3.8) is 0 Å². The van der Waals surface area contributed by atoms with E-state index >= 15 is 0 Å². The third-order valence-corrected chi connectivity index (χ3v) is 6.39. The highest BCUT2D eigenvalue weighted by molar-refractivity contribution is 6.03. The highest BCUT2D eigenvalue weighted by Gasteiger charge is 2.47. The summed E-state index contributed by atoms with van der Waals surface area (Å²) in [7, 11) is 0.